The first-order valence-corrected chi connectivity index (χ1v) is 7.36. The number of benzene rings is 1. The zero-order valence-corrected chi connectivity index (χ0v) is 12.3. The number of nitrogens with zero attached hydrogens (tertiary/aromatic N) is 1. The molecule has 1 fully saturated rings. The molecular weight excluding hydrogens is 270 g/mol. The minimum Gasteiger partial charge on any atom is -0.494 e. The van der Waals surface area contributed by atoms with Gasteiger partial charge in [0.1, 0.15) is 17.8 Å². The molecule has 0 amide bonds. The molecule has 0 bridgehead atoms. The highest BCUT2D eigenvalue weighted by atomic mass is 16.5. The molecule has 21 heavy (non-hydrogen) atoms. The molecule has 5 nitrogen and oxygen atoms in total. The Morgan fingerprint density at radius 2 is 2.00 bits per heavy atom. The van der Waals surface area contributed by atoms with Crippen molar-refractivity contribution >= 4 is 12.3 Å². The minimum atomic E-state index is -0.340. The number of hydrogen-bond donors (Lipinski definition) is 0. The van der Waals surface area contributed by atoms with Gasteiger partial charge in [0.2, 0.25) is 0 Å². The zero-order chi connectivity index (χ0) is 15.1. The lowest BCUT2D eigenvalue weighted by Gasteiger charge is -2.31. The van der Waals surface area contributed by atoms with Crippen LogP contribution in [0.1, 0.15) is 26.2 Å². The van der Waals surface area contributed by atoms with E-state index in [9.17, 15) is 9.59 Å². The van der Waals surface area contributed by atoms with Crippen LogP contribution >= 0.6 is 0 Å². The lowest BCUT2D eigenvalue weighted by atomic mass is 10.0. The molecule has 1 aliphatic rings. The highest BCUT2D eigenvalue weighted by Gasteiger charge is 2.24. The van der Waals surface area contributed by atoms with Crippen LogP contribution in [0.25, 0.3) is 0 Å². The molecule has 114 valence electrons. The molecule has 2 rings (SSSR count). The number of aldehydes is 1. The van der Waals surface area contributed by atoms with Crippen molar-refractivity contribution in [2.75, 3.05) is 19.7 Å². The molecule has 0 aromatic heterocycles. The van der Waals surface area contributed by atoms with Crippen molar-refractivity contribution in [2.45, 2.75) is 32.2 Å². The monoisotopic (exact) mass is 291 g/mol. The molecule has 1 aliphatic heterocycles. The van der Waals surface area contributed by atoms with Crippen molar-refractivity contribution in [3.8, 4) is 11.5 Å². The maximum absolute atomic E-state index is 11.9. The van der Waals surface area contributed by atoms with E-state index < -0.39 is 0 Å². The van der Waals surface area contributed by atoms with Crippen molar-refractivity contribution < 1.29 is 19.1 Å². The smallest absolute Gasteiger partial charge is 0.325 e. The topological polar surface area (TPSA) is 55.8 Å². The van der Waals surface area contributed by atoms with Gasteiger partial charge in [0.05, 0.1) is 19.2 Å². The lowest BCUT2D eigenvalue weighted by molar-refractivity contribution is -0.137. The zero-order valence-electron chi connectivity index (χ0n) is 12.3. The first kappa shape index (κ1) is 15.5. The van der Waals surface area contributed by atoms with Crippen LogP contribution in [0.15, 0.2) is 24.3 Å². The quantitative estimate of drug-likeness (QED) is 0.456. The van der Waals surface area contributed by atoms with Crippen LogP contribution in [0.4, 0.5) is 0 Å². The van der Waals surface area contributed by atoms with E-state index in [-0.39, 0.29) is 18.6 Å². The first-order chi connectivity index (χ1) is 10.2. The van der Waals surface area contributed by atoms with Gasteiger partial charge in [-0.1, -0.05) is 6.42 Å². The van der Waals surface area contributed by atoms with Gasteiger partial charge in [0.25, 0.3) is 0 Å². The molecule has 1 saturated heterocycles. The normalized spacial score (nSPS) is 19.0. The van der Waals surface area contributed by atoms with E-state index >= 15 is 0 Å². The van der Waals surface area contributed by atoms with Gasteiger partial charge in [-0.25, -0.2) is 0 Å². The third-order valence-corrected chi connectivity index (χ3v) is 3.52. The van der Waals surface area contributed by atoms with Gasteiger partial charge in [-0.05, 0) is 50.6 Å². The first-order valence-electron chi connectivity index (χ1n) is 7.36. The van der Waals surface area contributed by atoms with Crippen LogP contribution < -0.4 is 9.47 Å². The molecule has 0 radical (unpaired) electrons. The second kappa shape index (κ2) is 7.78. The van der Waals surface area contributed by atoms with E-state index in [4.69, 9.17) is 9.47 Å². The fourth-order valence-electron chi connectivity index (χ4n) is 2.47. The molecule has 0 spiro atoms. The highest BCUT2D eigenvalue weighted by molar-refractivity contribution is 5.75. The summed E-state index contributed by atoms with van der Waals surface area (Å²) in [4.78, 5) is 24.8. The molecule has 1 heterocycles. The maximum atomic E-state index is 11.9. The Balaban J connectivity index is 1.87. The molecule has 5 heteroatoms. The van der Waals surface area contributed by atoms with Crippen molar-refractivity contribution in [3.05, 3.63) is 24.3 Å². The fraction of sp³-hybridized carbons (Fsp3) is 0.500. The van der Waals surface area contributed by atoms with Crippen LogP contribution in [0, 0.1) is 0 Å². The number of rotatable bonds is 6. The summed E-state index contributed by atoms with van der Waals surface area (Å²) in [7, 11) is 0. The summed E-state index contributed by atoms with van der Waals surface area (Å²) in [5.41, 5.74) is 0. The average Bonchev–Trinajstić information content (AvgIpc) is 2.50. The van der Waals surface area contributed by atoms with E-state index in [1.165, 1.54) is 0 Å². The van der Waals surface area contributed by atoms with E-state index in [1.54, 1.807) is 24.3 Å². The Morgan fingerprint density at radius 3 is 2.67 bits per heavy atom. The Kier molecular flexibility index (Phi) is 5.75. The van der Waals surface area contributed by atoms with Crippen LogP contribution in [-0.2, 0) is 9.59 Å². The second-order valence-electron chi connectivity index (χ2n) is 5.05. The van der Waals surface area contributed by atoms with Gasteiger partial charge in [0, 0.05) is 0 Å². The van der Waals surface area contributed by atoms with Gasteiger partial charge < -0.3 is 14.3 Å². The summed E-state index contributed by atoms with van der Waals surface area (Å²) in [5, 5.41) is 0. The standard InChI is InChI=1S/C16H21NO4/c1-2-20-14-6-8-15(9-7-14)21-16(19)11-17-10-4-3-5-13(17)12-18/h6-9,12-13H,2-5,10-11H2,1H3. The highest BCUT2D eigenvalue weighted by Crippen LogP contribution is 2.19. The Bertz CT molecular complexity index is 472. The Hall–Kier alpha value is -1.88. The van der Waals surface area contributed by atoms with Gasteiger partial charge in [0.15, 0.2) is 0 Å². The minimum absolute atomic E-state index is 0.149. The van der Waals surface area contributed by atoms with Crippen LogP contribution in [0.3, 0.4) is 0 Å². The summed E-state index contributed by atoms with van der Waals surface area (Å²) < 4.78 is 10.6. The predicted molar refractivity (Wildman–Crippen MR) is 78.5 cm³/mol. The van der Waals surface area contributed by atoms with Gasteiger partial charge in [-0.15, -0.1) is 0 Å². The van der Waals surface area contributed by atoms with Crippen molar-refractivity contribution in [2.24, 2.45) is 0 Å². The van der Waals surface area contributed by atoms with Crippen LogP contribution in [-0.4, -0.2) is 42.9 Å². The molecule has 0 N–H and O–H groups in total. The number of piperidine rings is 1. The molecule has 1 unspecified atom stereocenters. The number of carbonyl (C=O) groups excluding carboxylic acids is 2. The Labute approximate surface area is 124 Å². The predicted octanol–water partition coefficient (Wildman–Crippen LogP) is 2.04. The largest absolute Gasteiger partial charge is 0.494 e. The molecule has 1 atom stereocenters. The van der Waals surface area contributed by atoms with Gasteiger partial charge in [-0.2, -0.15) is 0 Å². The Morgan fingerprint density at radius 1 is 1.29 bits per heavy atom. The number of carbonyl (C=O) groups is 2. The van der Waals surface area contributed by atoms with E-state index in [0.717, 1.165) is 37.8 Å². The van der Waals surface area contributed by atoms with E-state index in [2.05, 4.69) is 0 Å². The molecular formula is C16H21NO4. The fourth-order valence-corrected chi connectivity index (χ4v) is 2.47. The average molecular weight is 291 g/mol. The maximum Gasteiger partial charge on any atom is 0.325 e. The van der Waals surface area contributed by atoms with Gasteiger partial charge in [-0.3, -0.25) is 9.69 Å². The molecule has 0 aliphatic carbocycles. The third kappa shape index (κ3) is 4.56. The van der Waals surface area contributed by atoms with E-state index in [0.29, 0.717) is 12.4 Å². The van der Waals surface area contributed by atoms with Crippen LogP contribution in [0.2, 0.25) is 0 Å². The summed E-state index contributed by atoms with van der Waals surface area (Å²) in [5.74, 6) is 0.894. The van der Waals surface area contributed by atoms with Crippen molar-refractivity contribution in [1.82, 2.24) is 4.90 Å². The van der Waals surface area contributed by atoms with Crippen molar-refractivity contribution in [3.63, 3.8) is 0 Å². The molecule has 1 aromatic carbocycles. The van der Waals surface area contributed by atoms with E-state index in [1.807, 2.05) is 11.8 Å². The van der Waals surface area contributed by atoms with Crippen LogP contribution in [0.5, 0.6) is 11.5 Å². The second-order valence-corrected chi connectivity index (χ2v) is 5.05. The summed E-state index contributed by atoms with van der Waals surface area (Å²) in [6, 6.07) is 6.78. The number of ether oxygens (including phenoxy) is 2. The number of hydrogen-bond acceptors (Lipinski definition) is 5. The van der Waals surface area contributed by atoms with Gasteiger partial charge >= 0.3 is 5.97 Å². The summed E-state index contributed by atoms with van der Waals surface area (Å²) >= 11 is 0. The third-order valence-electron chi connectivity index (χ3n) is 3.52. The molecule has 0 saturated carbocycles. The molecule has 1 aromatic rings. The number of likely N-dealkylation sites (tertiary alicyclic amines) is 1. The number of esters is 1. The lowest BCUT2D eigenvalue weighted by Crippen LogP contribution is -2.44. The summed E-state index contributed by atoms with van der Waals surface area (Å²) in [6.07, 6.45) is 3.79. The summed E-state index contributed by atoms with van der Waals surface area (Å²) in [6.45, 7) is 3.43. The SMILES string of the molecule is CCOc1ccc(OC(=O)CN2CCCCC2C=O)cc1. The van der Waals surface area contributed by atoms with Crippen molar-refractivity contribution in [1.29, 1.82) is 0 Å².